The zero-order valence-electron chi connectivity index (χ0n) is 6.14. The van der Waals surface area contributed by atoms with Crippen LogP contribution in [0.3, 0.4) is 0 Å². The third kappa shape index (κ3) is 1.70. The molecular formula is C7H3F3N2S. The van der Waals surface area contributed by atoms with Crippen molar-refractivity contribution in [3.8, 4) is 5.40 Å². The van der Waals surface area contributed by atoms with Gasteiger partial charge in [0.25, 0.3) is 0 Å². The van der Waals surface area contributed by atoms with Crippen LogP contribution in [0.25, 0.3) is 0 Å². The summed E-state index contributed by atoms with van der Waals surface area (Å²) in [4.78, 5) is -0.126. The molecule has 0 heterocycles. The van der Waals surface area contributed by atoms with Crippen LogP contribution in [-0.4, -0.2) is 0 Å². The highest BCUT2D eigenvalue weighted by molar-refractivity contribution is 8.03. The molecule has 68 valence electrons. The van der Waals surface area contributed by atoms with E-state index in [1.165, 1.54) is 0 Å². The van der Waals surface area contributed by atoms with E-state index in [2.05, 4.69) is 0 Å². The minimum atomic E-state index is -1.63. The first-order valence-corrected chi connectivity index (χ1v) is 3.88. The number of nitriles is 1. The number of nitrogens with zero attached hydrogens (tertiary/aromatic N) is 1. The number of anilines is 1. The minimum Gasteiger partial charge on any atom is -0.395 e. The topological polar surface area (TPSA) is 49.8 Å². The average Bonchev–Trinajstić information content (AvgIpc) is 2.11. The van der Waals surface area contributed by atoms with Gasteiger partial charge in [-0.05, 0) is 17.8 Å². The smallest absolute Gasteiger partial charge is 0.196 e. The van der Waals surface area contributed by atoms with E-state index < -0.39 is 23.1 Å². The number of thioether (sulfide) groups is 1. The van der Waals surface area contributed by atoms with Gasteiger partial charge in [0.05, 0.1) is 10.6 Å². The van der Waals surface area contributed by atoms with Gasteiger partial charge < -0.3 is 5.73 Å². The van der Waals surface area contributed by atoms with Crippen LogP contribution < -0.4 is 5.73 Å². The van der Waals surface area contributed by atoms with Crippen LogP contribution in [0.1, 0.15) is 0 Å². The fraction of sp³-hybridized carbons (Fsp3) is 0. The first-order chi connectivity index (χ1) is 6.07. The summed E-state index contributed by atoms with van der Waals surface area (Å²) in [5.74, 6) is -4.44. The van der Waals surface area contributed by atoms with Crippen molar-refractivity contribution < 1.29 is 13.2 Å². The van der Waals surface area contributed by atoms with Crippen molar-refractivity contribution in [3.63, 3.8) is 0 Å². The van der Waals surface area contributed by atoms with Gasteiger partial charge in [-0.25, -0.2) is 13.2 Å². The monoisotopic (exact) mass is 204 g/mol. The summed E-state index contributed by atoms with van der Waals surface area (Å²) in [5.41, 5.74) is 4.53. The second-order valence-corrected chi connectivity index (χ2v) is 2.92. The Morgan fingerprint density at radius 1 is 1.31 bits per heavy atom. The number of nitrogen functional groups attached to an aromatic ring is 1. The van der Waals surface area contributed by atoms with Crippen LogP contribution >= 0.6 is 11.8 Å². The first-order valence-electron chi connectivity index (χ1n) is 3.06. The maximum atomic E-state index is 12.7. The highest BCUT2D eigenvalue weighted by Crippen LogP contribution is 2.29. The van der Waals surface area contributed by atoms with Gasteiger partial charge in [-0.15, -0.1) is 0 Å². The summed E-state index contributed by atoms with van der Waals surface area (Å²) in [6.07, 6.45) is 0. The van der Waals surface area contributed by atoms with E-state index in [-0.39, 0.29) is 4.90 Å². The SMILES string of the molecule is N#CSc1cc(F)c(F)c(F)c1N. The number of nitrogens with two attached hydrogens (primary N) is 1. The Balaban J connectivity index is 3.34. The molecule has 1 aromatic carbocycles. The molecule has 1 aromatic rings. The van der Waals surface area contributed by atoms with E-state index in [9.17, 15) is 13.2 Å². The second kappa shape index (κ2) is 3.58. The Labute approximate surface area is 76.1 Å². The minimum absolute atomic E-state index is 0.126. The summed E-state index contributed by atoms with van der Waals surface area (Å²) in [6, 6.07) is 0.682. The lowest BCUT2D eigenvalue weighted by Crippen LogP contribution is -1.99. The lowest BCUT2D eigenvalue weighted by atomic mass is 10.3. The van der Waals surface area contributed by atoms with Crippen molar-refractivity contribution in [2.45, 2.75) is 4.90 Å². The lowest BCUT2D eigenvalue weighted by Gasteiger charge is -2.03. The number of rotatable bonds is 1. The Bertz CT molecular complexity index is 386. The van der Waals surface area contributed by atoms with Crippen molar-refractivity contribution in [2.24, 2.45) is 0 Å². The predicted octanol–water partition coefficient (Wildman–Crippen LogP) is 2.26. The van der Waals surface area contributed by atoms with Crippen LogP contribution in [-0.2, 0) is 0 Å². The van der Waals surface area contributed by atoms with Gasteiger partial charge >= 0.3 is 0 Å². The Hall–Kier alpha value is -1.35. The molecule has 0 spiro atoms. The normalized spacial score (nSPS) is 9.69. The van der Waals surface area contributed by atoms with E-state index in [1.807, 2.05) is 0 Å². The zero-order valence-corrected chi connectivity index (χ0v) is 6.96. The third-order valence-electron chi connectivity index (χ3n) is 1.32. The molecule has 0 atom stereocenters. The van der Waals surface area contributed by atoms with Gasteiger partial charge in [0.15, 0.2) is 17.5 Å². The average molecular weight is 204 g/mol. The molecule has 0 fully saturated rings. The summed E-state index contributed by atoms with van der Waals surface area (Å²) < 4.78 is 37.8. The van der Waals surface area contributed by atoms with E-state index in [4.69, 9.17) is 11.0 Å². The van der Waals surface area contributed by atoms with E-state index in [0.717, 1.165) is 0 Å². The summed E-state index contributed by atoms with van der Waals surface area (Å²) in [7, 11) is 0. The lowest BCUT2D eigenvalue weighted by molar-refractivity contribution is 0.446. The third-order valence-corrected chi connectivity index (χ3v) is 1.97. The summed E-state index contributed by atoms with van der Waals surface area (Å²) in [5, 5.41) is 9.79. The van der Waals surface area contributed by atoms with Crippen LogP contribution in [0.2, 0.25) is 0 Å². The van der Waals surface area contributed by atoms with Gasteiger partial charge in [-0.2, -0.15) is 5.26 Å². The highest BCUT2D eigenvalue weighted by atomic mass is 32.2. The molecule has 13 heavy (non-hydrogen) atoms. The molecule has 0 bridgehead atoms. The number of benzene rings is 1. The van der Waals surface area contributed by atoms with Crippen molar-refractivity contribution in [1.29, 1.82) is 5.26 Å². The molecular weight excluding hydrogens is 201 g/mol. The van der Waals surface area contributed by atoms with E-state index in [1.54, 1.807) is 5.40 Å². The Morgan fingerprint density at radius 3 is 2.46 bits per heavy atom. The predicted molar refractivity (Wildman–Crippen MR) is 42.2 cm³/mol. The van der Waals surface area contributed by atoms with Crippen LogP contribution in [0.4, 0.5) is 18.9 Å². The molecule has 0 saturated heterocycles. The second-order valence-electron chi connectivity index (χ2n) is 2.09. The first kappa shape index (κ1) is 9.74. The van der Waals surface area contributed by atoms with Gasteiger partial charge in [0, 0.05) is 0 Å². The van der Waals surface area contributed by atoms with Crippen molar-refractivity contribution in [2.75, 3.05) is 5.73 Å². The van der Waals surface area contributed by atoms with Crippen LogP contribution in [0.15, 0.2) is 11.0 Å². The Kier molecular flexibility index (Phi) is 2.68. The molecule has 6 heteroatoms. The Morgan fingerprint density at radius 2 is 1.92 bits per heavy atom. The van der Waals surface area contributed by atoms with E-state index >= 15 is 0 Å². The number of hydrogen-bond donors (Lipinski definition) is 1. The van der Waals surface area contributed by atoms with Crippen LogP contribution in [0.5, 0.6) is 0 Å². The number of halogens is 3. The highest BCUT2D eigenvalue weighted by Gasteiger charge is 2.16. The molecule has 1 rings (SSSR count). The van der Waals surface area contributed by atoms with Gasteiger partial charge in [-0.1, -0.05) is 0 Å². The van der Waals surface area contributed by atoms with Gasteiger partial charge in [-0.3, -0.25) is 0 Å². The number of thiocyanates is 1. The fourth-order valence-electron chi connectivity index (χ4n) is 0.721. The zero-order chi connectivity index (χ0) is 10.0. The molecule has 0 aliphatic heterocycles. The molecule has 0 unspecified atom stereocenters. The molecule has 0 aliphatic rings. The van der Waals surface area contributed by atoms with Crippen molar-refractivity contribution >= 4 is 17.4 Å². The van der Waals surface area contributed by atoms with Gasteiger partial charge in [0.2, 0.25) is 0 Å². The fourth-order valence-corrected chi connectivity index (χ4v) is 1.18. The quantitative estimate of drug-likeness (QED) is 0.330. The molecule has 0 aromatic heterocycles. The standard InChI is InChI=1S/C7H3F3N2S/c8-3-1-4(13-2-11)7(12)6(10)5(3)9/h1H,12H2. The maximum absolute atomic E-state index is 12.7. The summed E-state index contributed by atoms with van der Waals surface area (Å²) >= 11 is 0.473. The van der Waals surface area contributed by atoms with Gasteiger partial charge in [0.1, 0.15) is 5.40 Å². The number of hydrogen-bond acceptors (Lipinski definition) is 3. The largest absolute Gasteiger partial charge is 0.395 e. The molecule has 0 radical (unpaired) electrons. The van der Waals surface area contributed by atoms with Crippen molar-refractivity contribution in [3.05, 3.63) is 23.5 Å². The maximum Gasteiger partial charge on any atom is 0.196 e. The molecule has 0 amide bonds. The molecule has 2 N–H and O–H groups in total. The molecule has 0 saturated carbocycles. The van der Waals surface area contributed by atoms with E-state index in [0.29, 0.717) is 17.8 Å². The molecule has 2 nitrogen and oxygen atoms in total. The summed E-state index contributed by atoms with van der Waals surface area (Å²) in [6.45, 7) is 0. The van der Waals surface area contributed by atoms with Crippen molar-refractivity contribution in [1.82, 2.24) is 0 Å². The van der Waals surface area contributed by atoms with Crippen LogP contribution in [0, 0.1) is 28.1 Å². The molecule has 0 aliphatic carbocycles.